The Hall–Kier alpha value is 0.230. The highest BCUT2D eigenvalue weighted by molar-refractivity contribution is 14.1. The van der Waals surface area contributed by atoms with E-state index in [4.69, 9.17) is 4.74 Å². The van der Waals surface area contributed by atoms with Gasteiger partial charge in [0, 0.05) is 0 Å². The lowest BCUT2D eigenvalue weighted by Gasteiger charge is -2.07. The molecule has 0 radical (unpaired) electrons. The number of halogens is 2. The Labute approximate surface area is 88.4 Å². The highest BCUT2D eigenvalue weighted by Gasteiger charge is 2.06. The van der Waals surface area contributed by atoms with E-state index >= 15 is 0 Å². The molecule has 0 atom stereocenters. The van der Waals surface area contributed by atoms with Gasteiger partial charge < -0.3 is 4.74 Å². The minimum absolute atomic E-state index is 0.922. The summed E-state index contributed by atoms with van der Waals surface area (Å²) >= 11 is 5.69. The van der Waals surface area contributed by atoms with Crippen molar-refractivity contribution in [1.29, 1.82) is 0 Å². The second-order valence-electron chi connectivity index (χ2n) is 2.21. The lowest BCUT2D eigenvalue weighted by atomic mass is 10.2. The second kappa shape index (κ2) is 3.76. The Bertz CT molecular complexity index is 273. The highest BCUT2D eigenvalue weighted by atomic mass is 127. The summed E-state index contributed by atoms with van der Waals surface area (Å²) in [6.07, 6.45) is 0. The fourth-order valence-corrected chi connectivity index (χ4v) is 2.37. The van der Waals surface area contributed by atoms with Crippen LogP contribution in [0.25, 0.3) is 0 Å². The first kappa shape index (κ1) is 9.32. The first-order valence-corrected chi connectivity index (χ1v) is 5.02. The van der Waals surface area contributed by atoms with Gasteiger partial charge in [-0.2, -0.15) is 0 Å². The lowest BCUT2D eigenvalue weighted by Crippen LogP contribution is -1.90. The molecule has 0 aliphatic heterocycles. The zero-order valence-electron chi connectivity index (χ0n) is 6.32. The minimum Gasteiger partial charge on any atom is -0.494 e. The zero-order chi connectivity index (χ0) is 8.43. The summed E-state index contributed by atoms with van der Waals surface area (Å²) in [6, 6.07) is 4.06. The molecule has 60 valence electrons. The van der Waals surface area contributed by atoms with E-state index in [9.17, 15) is 0 Å². The fraction of sp³-hybridized carbons (Fsp3) is 0.250. The van der Waals surface area contributed by atoms with Crippen molar-refractivity contribution in [3.63, 3.8) is 0 Å². The second-order valence-corrected chi connectivity index (χ2v) is 4.14. The molecule has 1 nitrogen and oxygen atoms in total. The standard InChI is InChI=1S/C8H8BrIO/c1-5-3-4-6(9)8(11-2)7(5)10/h3-4H,1-2H3. The topological polar surface area (TPSA) is 9.23 Å². The van der Waals surface area contributed by atoms with E-state index in [1.807, 2.05) is 6.07 Å². The number of methoxy groups -OCH3 is 1. The van der Waals surface area contributed by atoms with Crippen LogP contribution in [0.5, 0.6) is 5.75 Å². The molecule has 0 heterocycles. The van der Waals surface area contributed by atoms with Gasteiger partial charge in [-0.25, -0.2) is 0 Å². The van der Waals surface area contributed by atoms with Crippen LogP contribution in [0.2, 0.25) is 0 Å². The van der Waals surface area contributed by atoms with Gasteiger partial charge in [-0.15, -0.1) is 0 Å². The number of hydrogen-bond donors (Lipinski definition) is 0. The van der Waals surface area contributed by atoms with E-state index in [2.05, 4.69) is 51.5 Å². The van der Waals surface area contributed by atoms with E-state index in [1.165, 1.54) is 9.13 Å². The van der Waals surface area contributed by atoms with Gasteiger partial charge in [0.05, 0.1) is 15.2 Å². The van der Waals surface area contributed by atoms with Crippen LogP contribution in [-0.4, -0.2) is 7.11 Å². The molecule has 0 aliphatic carbocycles. The van der Waals surface area contributed by atoms with Crippen molar-refractivity contribution in [3.8, 4) is 5.75 Å². The molecule has 1 aromatic carbocycles. The van der Waals surface area contributed by atoms with Gasteiger partial charge >= 0.3 is 0 Å². The summed E-state index contributed by atoms with van der Waals surface area (Å²) < 4.78 is 7.38. The van der Waals surface area contributed by atoms with Crippen LogP contribution in [0.4, 0.5) is 0 Å². The molecule has 1 aromatic rings. The summed E-state index contributed by atoms with van der Waals surface area (Å²) in [5.41, 5.74) is 1.24. The van der Waals surface area contributed by atoms with Gasteiger partial charge in [0.1, 0.15) is 5.75 Å². The molecule has 0 saturated heterocycles. The molecule has 0 spiro atoms. The van der Waals surface area contributed by atoms with Crippen LogP contribution in [0.1, 0.15) is 5.56 Å². The van der Waals surface area contributed by atoms with Gasteiger partial charge in [0.2, 0.25) is 0 Å². The average Bonchev–Trinajstić information content (AvgIpc) is 1.99. The molecule has 0 amide bonds. The summed E-state index contributed by atoms with van der Waals surface area (Å²) in [5.74, 6) is 0.922. The Morgan fingerprint density at radius 1 is 1.45 bits per heavy atom. The number of benzene rings is 1. The summed E-state index contributed by atoms with van der Waals surface area (Å²) in [7, 11) is 1.68. The quantitative estimate of drug-likeness (QED) is 0.719. The fourth-order valence-electron chi connectivity index (χ4n) is 0.818. The third-order valence-corrected chi connectivity index (χ3v) is 3.41. The average molecular weight is 327 g/mol. The predicted molar refractivity (Wildman–Crippen MR) is 58.1 cm³/mol. The van der Waals surface area contributed by atoms with Crippen LogP contribution in [0.15, 0.2) is 16.6 Å². The maximum absolute atomic E-state index is 5.20. The number of aryl methyl sites for hydroxylation is 1. The van der Waals surface area contributed by atoms with Crippen molar-refractivity contribution in [2.75, 3.05) is 7.11 Å². The summed E-state index contributed by atoms with van der Waals surface area (Å²) in [6.45, 7) is 2.07. The first-order valence-electron chi connectivity index (χ1n) is 3.15. The molecular formula is C8H8BrIO. The summed E-state index contributed by atoms with van der Waals surface area (Å²) in [5, 5.41) is 0. The molecule has 0 unspecified atom stereocenters. The molecule has 3 heteroatoms. The number of hydrogen-bond acceptors (Lipinski definition) is 1. The van der Waals surface area contributed by atoms with E-state index < -0.39 is 0 Å². The molecule has 0 saturated carbocycles. The SMILES string of the molecule is COc1c(Br)ccc(C)c1I. The number of rotatable bonds is 1. The van der Waals surface area contributed by atoms with E-state index in [0.717, 1.165) is 10.2 Å². The third-order valence-electron chi connectivity index (χ3n) is 1.45. The maximum Gasteiger partial charge on any atom is 0.146 e. The maximum atomic E-state index is 5.20. The monoisotopic (exact) mass is 326 g/mol. The molecule has 0 bridgehead atoms. The minimum atomic E-state index is 0.922. The van der Waals surface area contributed by atoms with Crippen molar-refractivity contribution >= 4 is 38.5 Å². The molecule has 0 aliphatic rings. The van der Waals surface area contributed by atoms with Gasteiger partial charge in [0.15, 0.2) is 0 Å². The van der Waals surface area contributed by atoms with Crippen LogP contribution in [-0.2, 0) is 0 Å². The molecule has 1 rings (SSSR count). The molecule has 11 heavy (non-hydrogen) atoms. The molecule has 0 fully saturated rings. The van der Waals surface area contributed by atoms with Crippen LogP contribution in [0.3, 0.4) is 0 Å². The van der Waals surface area contributed by atoms with Crippen molar-refractivity contribution in [3.05, 3.63) is 25.7 Å². The van der Waals surface area contributed by atoms with E-state index in [0.29, 0.717) is 0 Å². The zero-order valence-corrected chi connectivity index (χ0v) is 10.1. The van der Waals surface area contributed by atoms with Gasteiger partial charge in [0.25, 0.3) is 0 Å². The normalized spacial score (nSPS) is 9.82. The number of ether oxygens (including phenoxy) is 1. The Morgan fingerprint density at radius 2 is 2.09 bits per heavy atom. The van der Waals surface area contributed by atoms with Gasteiger partial charge in [-0.1, -0.05) is 6.07 Å². The van der Waals surface area contributed by atoms with E-state index in [-0.39, 0.29) is 0 Å². The Balaban J connectivity index is 3.29. The molecule has 0 N–H and O–H groups in total. The van der Waals surface area contributed by atoms with Crippen molar-refractivity contribution in [2.24, 2.45) is 0 Å². The first-order chi connectivity index (χ1) is 5.16. The Morgan fingerprint density at radius 3 is 2.55 bits per heavy atom. The molecule has 0 aromatic heterocycles. The smallest absolute Gasteiger partial charge is 0.146 e. The Kier molecular flexibility index (Phi) is 3.18. The summed E-state index contributed by atoms with van der Waals surface area (Å²) in [4.78, 5) is 0. The highest BCUT2D eigenvalue weighted by Crippen LogP contribution is 2.31. The van der Waals surface area contributed by atoms with Crippen LogP contribution >= 0.6 is 38.5 Å². The van der Waals surface area contributed by atoms with Crippen LogP contribution < -0.4 is 4.74 Å². The van der Waals surface area contributed by atoms with Crippen molar-refractivity contribution in [1.82, 2.24) is 0 Å². The largest absolute Gasteiger partial charge is 0.494 e. The third kappa shape index (κ3) is 1.87. The van der Waals surface area contributed by atoms with Crippen molar-refractivity contribution < 1.29 is 4.74 Å². The van der Waals surface area contributed by atoms with Gasteiger partial charge in [-0.05, 0) is 57.1 Å². The predicted octanol–water partition coefficient (Wildman–Crippen LogP) is 3.37. The van der Waals surface area contributed by atoms with Crippen molar-refractivity contribution in [2.45, 2.75) is 6.92 Å². The van der Waals surface area contributed by atoms with Crippen LogP contribution in [0, 0.1) is 10.5 Å². The van der Waals surface area contributed by atoms with Gasteiger partial charge in [-0.3, -0.25) is 0 Å². The lowest BCUT2D eigenvalue weighted by molar-refractivity contribution is 0.408. The molecular weight excluding hydrogens is 319 g/mol. The van der Waals surface area contributed by atoms with E-state index in [1.54, 1.807) is 7.11 Å².